The van der Waals surface area contributed by atoms with E-state index >= 15 is 0 Å². The number of nitrogens with one attached hydrogen (secondary N) is 2. The molecule has 2 heterocycles. The number of aromatic amines is 1. The molecule has 0 spiro atoms. The van der Waals surface area contributed by atoms with E-state index in [4.69, 9.17) is 0 Å². The van der Waals surface area contributed by atoms with Crippen LogP contribution < -0.4 is 5.32 Å². The van der Waals surface area contributed by atoms with Gasteiger partial charge in [0.25, 0.3) is 11.9 Å². The second kappa shape index (κ2) is 3.54. The summed E-state index contributed by atoms with van der Waals surface area (Å²) in [6.07, 6.45) is 0. The Morgan fingerprint density at radius 1 is 1.64 bits per heavy atom. The highest BCUT2D eigenvalue weighted by molar-refractivity contribution is 7.12. The molecule has 0 saturated carbocycles. The van der Waals surface area contributed by atoms with E-state index in [9.17, 15) is 4.79 Å². The molecule has 0 radical (unpaired) electrons. The average molecular weight is 209 g/mol. The number of carbonyl (C=O) groups is 1. The second-order valence-electron chi connectivity index (χ2n) is 2.62. The van der Waals surface area contributed by atoms with Crippen molar-refractivity contribution in [3.05, 3.63) is 21.9 Å². The predicted octanol–water partition coefficient (Wildman–Crippen LogP) is 0.822. The number of carbonyl (C=O) groups excluding carboxylic acids is 1. The van der Waals surface area contributed by atoms with E-state index in [1.165, 1.54) is 11.3 Å². The molecule has 0 bridgehead atoms. The maximum atomic E-state index is 11.6. The fourth-order valence-corrected chi connectivity index (χ4v) is 1.80. The third kappa shape index (κ3) is 1.62. The first-order valence-electron chi connectivity index (χ1n) is 3.86. The van der Waals surface area contributed by atoms with Gasteiger partial charge < -0.3 is 0 Å². The van der Waals surface area contributed by atoms with Gasteiger partial charge in [-0.2, -0.15) is 5.21 Å². The fraction of sp³-hybridized carbons (Fsp3) is 0.143. The Bertz CT molecular complexity index is 435. The lowest BCUT2D eigenvalue weighted by atomic mass is 10.3. The van der Waals surface area contributed by atoms with Crippen molar-refractivity contribution in [2.45, 2.75) is 6.92 Å². The van der Waals surface area contributed by atoms with Crippen molar-refractivity contribution < 1.29 is 4.79 Å². The lowest BCUT2D eigenvalue weighted by Crippen LogP contribution is -2.12. The van der Waals surface area contributed by atoms with Crippen LogP contribution in [0.1, 0.15) is 15.2 Å². The number of H-pyrrole nitrogens is 1. The summed E-state index contributed by atoms with van der Waals surface area (Å²) >= 11 is 1.38. The molecule has 0 aliphatic heterocycles. The summed E-state index contributed by atoms with van der Waals surface area (Å²) in [6, 6.07) is 1.88. The zero-order chi connectivity index (χ0) is 9.97. The van der Waals surface area contributed by atoms with Crippen molar-refractivity contribution >= 4 is 23.2 Å². The highest BCUT2D eigenvalue weighted by Crippen LogP contribution is 2.16. The minimum absolute atomic E-state index is 0.183. The number of thiophene rings is 1. The lowest BCUT2D eigenvalue weighted by molar-refractivity contribution is 0.102. The standard InChI is InChI=1S/C7H7N5OS/c1-4-2-3-14-5(4)6(13)8-7-9-11-12-10-7/h2-3H,1H3,(H2,8,9,10,11,12,13). The maximum Gasteiger partial charge on any atom is 0.270 e. The minimum atomic E-state index is -0.209. The molecule has 0 aliphatic carbocycles. The van der Waals surface area contributed by atoms with Gasteiger partial charge in [-0.1, -0.05) is 5.10 Å². The van der Waals surface area contributed by atoms with Crippen LogP contribution in [-0.2, 0) is 0 Å². The average Bonchev–Trinajstić information content (AvgIpc) is 2.75. The van der Waals surface area contributed by atoms with Crippen molar-refractivity contribution in [2.75, 3.05) is 5.32 Å². The first-order chi connectivity index (χ1) is 6.77. The summed E-state index contributed by atoms with van der Waals surface area (Å²) in [5.74, 6) is -0.0262. The third-order valence-electron chi connectivity index (χ3n) is 1.64. The van der Waals surface area contributed by atoms with Gasteiger partial charge in [0.2, 0.25) is 0 Å². The molecule has 0 saturated heterocycles. The van der Waals surface area contributed by atoms with Crippen molar-refractivity contribution in [2.24, 2.45) is 0 Å². The Hall–Kier alpha value is -1.76. The van der Waals surface area contributed by atoms with Gasteiger partial charge in [0.15, 0.2) is 0 Å². The monoisotopic (exact) mass is 209 g/mol. The highest BCUT2D eigenvalue weighted by Gasteiger charge is 2.11. The number of hydrogen-bond acceptors (Lipinski definition) is 5. The van der Waals surface area contributed by atoms with Crippen molar-refractivity contribution in [1.29, 1.82) is 0 Å². The Labute approximate surface area is 83.3 Å². The number of anilines is 1. The topological polar surface area (TPSA) is 83.6 Å². The van der Waals surface area contributed by atoms with E-state index < -0.39 is 0 Å². The first kappa shape index (κ1) is 8.82. The first-order valence-corrected chi connectivity index (χ1v) is 4.74. The minimum Gasteiger partial charge on any atom is -0.287 e. The molecule has 0 atom stereocenters. The van der Waals surface area contributed by atoms with E-state index in [2.05, 4.69) is 25.9 Å². The van der Waals surface area contributed by atoms with E-state index in [0.717, 1.165) is 5.56 Å². The van der Waals surface area contributed by atoms with Gasteiger partial charge in [-0.15, -0.1) is 16.4 Å². The van der Waals surface area contributed by atoms with Gasteiger partial charge in [0.1, 0.15) is 0 Å². The predicted molar refractivity (Wildman–Crippen MR) is 51.2 cm³/mol. The molecule has 0 aromatic carbocycles. The van der Waals surface area contributed by atoms with Crippen LogP contribution in [0.5, 0.6) is 0 Å². The number of amides is 1. The Morgan fingerprint density at radius 2 is 2.50 bits per heavy atom. The summed E-state index contributed by atoms with van der Waals surface area (Å²) in [5.41, 5.74) is 0.941. The highest BCUT2D eigenvalue weighted by atomic mass is 32.1. The van der Waals surface area contributed by atoms with E-state index in [1.54, 1.807) is 0 Å². The molecule has 0 aliphatic rings. The molecule has 2 rings (SSSR count). The van der Waals surface area contributed by atoms with Gasteiger partial charge in [-0.3, -0.25) is 10.1 Å². The smallest absolute Gasteiger partial charge is 0.270 e. The van der Waals surface area contributed by atoms with Crippen LogP contribution in [0.2, 0.25) is 0 Å². The summed E-state index contributed by atoms with van der Waals surface area (Å²) in [7, 11) is 0. The molecule has 7 heteroatoms. The molecule has 6 nitrogen and oxygen atoms in total. The lowest BCUT2D eigenvalue weighted by Gasteiger charge is -1.97. The summed E-state index contributed by atoms with van der Waals surface area (Å²) in [4.78, 5) is 12.2. The largest absolute Gasteiger partial charge is 0.287 e. The molecular weight excluding hydrogens is 202 g/mol. The molecule has 2 aromatic heterocycles. The van der Waals surface area contributed by atoms with Crippen LogP contribution in [0.15, 0.2) is 11.4 Å². The molecule has 72 valence electrons. The van der Waals surface area contributed by atoms with Gasteiger partial charge >= 0.3 is 0 Å². The van der Waals surface area contributed by atoms with Crippen molar-refractivity contribution in [3.8, 4) is 0 Å². The van der Waals surface area contributed by atoms with Gasteiger partial charge in [0, 0.05) is 0 Å². The molecule has 0 unspecified atom stereocenters. The number of aryl methyl sites for hydroxylation is 1. The zero-order valence-electron chi connectivity index (χ0n) is 7.31. The van der Waals surface area contributed by atoms with Crippen molar-refractivity contribution in [3.63, 3.8) is 0 Å². The normalized spacial score (nSPS) is 10.1. The molecule has 2 N–H and O–H groups in total. The molecule has 1 amide bonds. The Kier molecular flexibility index (Phi) is 2.23. The van der Waals surface area contributed by atoms with Gasteiger partial charge in [0.05, 0.1) is 4.88 Å². The second-order valence-corrected chi connectivity index (χ2v) is 3.54. The van der Waals surface area contributed by atoms with E-state index in [-0.39, 0.29) is 11.9 Å². The SMILES string of the molecule is Cc1ccsc1C(=O)Nc1nn[nH]n1. The molecule has 2 aromatic rings. The molecular formula is C7H7N5OS. The maximum absolute atomic E-state index is 11.6. The quantitative estimate of drug-likeness (QED) is 0.767. The number of aromatic nitrogens is 4. The van der Waals surface area contributed by atoms with Crippen molar-refractivity contribution in [1.82, 2.24) is 20.6 Å². The number of hydrogen-bond donors (Lipinski definition) is 2. The van der Waals surface area contributed by atoms with Gasteiger partial charge in [-0.25, -0.2) is 0 Å². The van der Waals surface area contributed by atoms with E-state index in [0.29, 0.717) is 4.88 Å². The number of rotatable bonds is 2. The van der Waals surface area contributed by atoms with E-state index in [1.807, 2.05) is 18.4 Å². The summed E-state index contributed by atoms with van der Waals surface area (Å²) < 4.78 is 0. The van der Waals surface area contributed by atoms with Crippen LogP contribution in [0.3, 0.4) is 0 Å². The number of nitrogens with zero attached hydrogens (tertiary/aromatic N) is 3. The molecule has 14 heavy (non-hydrogen) atoms. The third-order valence-corrected chi connectivity index (χ3v) is 2.65. The van der Waals surface area contributed by atoms with Gasteiger partial charge in [-0.05, 0) is 29.1 Å². The fourth-order valence-electron chi connectivity index (χ4n) is 0.978. The van der Waals surface area contributed by atoms with Crippen LogP contribution in [0, 0.1) is 6.92 Å². The van der Waals surface area contributed by atoms with Crippen LogP contribution in [0.25, 0.3) is 0 Å². The Balaban J connectivity index is 2.14. The van der Waals surface area contributed by atoms with Crippen LogP contribution in [0.4, 0.5) is 5.95 Å². The van der Waals surface area contributed by atoms with Crippen LogP contribution in [-0.4, -0.2) is 26.5 Å². The number of tetrazole rings is 1. The summed E-state index contributed by atoms with van der Waals surface area (Å²) in [5, 5.41) is 17.2. The zero-order valence-corrected chi connectivity index (χ0v) is 8.13. The van der Waals surface area contributed by atoms with Crippen LogP contribution >= 0.6 is 11.3 Å². The molecule has 0 fully saturated rings. The Morgan fingerprint density at radius 3 is 3.07 bits per heavy atom. The summed E-state index contributed by atoms with van der Waals surface area (Å²) in [6.45, 7) is 1.88.